The zero-order chi connectivity index (χ0) is 9.42. The summed E-state index contributed by atoms with van der Waals surface area (Å²) in [6, 6.07) is 3.99. The van der Waals surface area contributed by atoms with Gasteiger partial charge >= 0.3 is 0 Å². The summed E-state index contributed by atoms with van der Waals surface area (Å²) in [7, 11) is 1.68. The van der Waals surface area contributed by atoms with Crippen LogP contribution in [0.1, 0.15) is 5.56 Å². The molecule has 0 aliphatic heterocycles. The molecule has 0 bridgehead atoms. The third-order valence-corrected chi connectivity index (χ3v) is 2.78. The van der Waals surface area contributed by atoms with Crippen molar-refractivity contribution in [2.24, 2.45) is 0 Å². The van der Waals surface area contributed by atoms with Crippen molar-refractivity contribution in [2.75, 3.05) is 7.11 Å². The van der Waals surface area contributed by atoms with E-state index in [1.807, 2.05) is 18.3 Å². The van der Waals surface area contributed by atoms with E-state index in [1.165, 1.54) is 10.9 Å². The fraction of sp³-hybridized carbons (Fsp3) is 0.200. The van der Waals surface area contributed by atoms with Crippen LogP contribution in [0.2, 0.25) is 0 Å². The van der Waals surface area contributed by atoms with E-state index in [4.69, 9.17) is 4.74 Å². The van der Waals surface area contributed by atoms with Gasteiger partial charge in [0, 0.05) is 16.1 Å². The maximum absolute atomic E-state index is 5.18. The fourth-order valence-electron chi connectivity index (χ4n) is 1.42. The second kappa shape index (κ2) is 3.07. The zero-order valence-electron chi connectivity index (χ0n) is 7.52. The highest BCUT2D eigenvalue weighted by molar-refractivity contribution is 9.10. The summed E-state index contributed by atoms with van der Waals surface area (Å²) in [5.41, 5.74) is 2.35. The molecule has 1 N–H and O–H groups in total. The Labute approximate surface area is 85.0 Å². The predicted molar refractivity (Wildman–Crippen MR) is 57.3 cm³/mol. The van der Waals surface area contributed by atoms with Crippen LogP contribution in [-0.2, 0) is 0 Å². The van der Waals surface area contributed by atoms with Crippen molar-refractivity contribution in [1.82, 2.24) is 4.98 Å². The van der Waals surface area contributed by atoms with E-state index >= 15 is 0 Å². The van der Waals surface area contributed by atoms with Gasteiger partial charge in [0.2, 0.25) is 0 Å². The predicted octanol–water partition coefficient (Wildman–Crippen LogP) is 3.25. The lowest BCUT2D eigenvalue weighted by atomic mass is 10.2. The Morgan fingerprint density at radius 3 is 2.85 bits per heavy atom. The molecule has 0 saturated carbocycles. The summed E-state index contributed by atoms with van der Waals surface area (Å²) in [5, 5.41) is 1.20. The molecule has 0 aliphatic rings. The lowest BCUT2D eigenvalue weighted by Crippen LogP contribution is -1.82. The lowest BCUT2D eigenvalue weighted by Gasteiger charge is -2.01. The molecule has 0 unspecified atom stereocenters. The molecule has 68 valence electrons. The van der Waals surface area contributed by atoms with Crippen LogP contribution in [0, 0.1) is 6.92 Å². The lowest BCUT2D eigenvalue weighted by molar-refractivity contribution is 0.415. The molecule has 1 aromatic heterocycles. The zero-order valence-corrected chi connectivity index (χ0v) is 9.10. The van der Waals surface area contributed by atoms with Gasteiger partial charge in [-0.05, 0) is 40.5 Å². The second-order valence-electron chi connectivity index (χ2n) is 3.00. The third-order valence-electron chi connectivity index (χ3n) is 2.16. The van der Waals surface area contributed by atoms with Gasteiger partial charge in [-0.1, -0.05) is 0 Å². The standard InChI is InChI=1S/C10H10BrNO/c1-6-5-12-10-8(6)3-7(13-2)4-9(10)11/h3-5,12H,1-2H3. The number of nitrogens with one attached hydrogen (secondary N) is 1. The number of benzene rings is 1. The van der Waals surface area contributed by atoms with Crippen LogP contribution in [0.4, 0.5) is 0 Å². The molecular formula is C10H10BrNO. The van der Waals surface area contributed by atoms with E-state index in [1.54, 1.807) is 7.11 Å². The minimum atomic E-state index is 0.877. The number of aromatic nitrogens is 1. The minimum Gasteiger partial charge on any atom is -0.497 e. The van der Waals surface area contributed by atoms with Crippen LogP contribution in [0.3, 0.4) is 0 Å². The summed E-state index contributed by atoms with van der Waals surface area (Å²) >= 11 is 3.49. The molecule has 2 rings (SSSR count). The summed E-state index contributed by atoms with van der Waals surface area (Å²) in [5.74, 6) is 0.877. The molecule has 0 aliphatic carbocycles. The summed E-state index contributed by atoms with van der Waals surface area (Å²) in [4.78, 5) is 3.20. The number of aryl methyl sites for hydroxylation is 1. The van der Waals surface area contributed by atoms with E-state index in [-0.39, 0.29) is 0 Å². The molecule has 3 heteroatoms. The number of ether oxygens (including phenoxy) is 1. The van der Waals surface area contributed by atoms with Crippen LogP contribution in [0.15, 0.2) is 22.8 Å². The highest BCUT2D eigenvalue weighted by Crippen LogP contribution is 2.30. The first-order valence-electron chi connectivity index (χ1n) is 4.03. The number of hydrogen-bond acceptors (Lipinski definition) is 1. The number of fused-ring (bicyclic) bond motifs is 1. The molecule has 0 saturated heterocycles. The van der Waals surface area contributed by atoms with Gasteiger partial charge in [0.25, 0.3) is 0 Å². The van der Waals surface area contributed by atoms with E-state index in [2.05, 4.69) is 27.8 Å². The number of halogens is 1. The van der Waals surface area contributed by atoms with Crippen molar-refractivity contribution >= 4 is 26.8 Å². The van der Waals surface area contributed by atoms with Crippen molar-refractivity contribution in [2.45, 2.75) is 6.92 Å². The van der Waals surface area contributed by atoms with E-state index in [0.29, 0.717) is 0 Å². The Bertz CT molecular complexity index is 447. The van der Waals surface area contributed by atoms with Crippen molar-refractivity contribution < 1.29 is 4.74 Å². The normalized spacial score (nSPS) is 10.7. The van der Waals surface area contributed by atoms with Crippen molar-refractivity contribution in [3.63, 3.8) is 0 Å². The molecule has 1 heterocycles. The van der Waals surface area contributed by atoms with Crippen LogP contribution in [0.25, 0.3) is 10.9 Å². The Kier molecular flexibility index (Phi) is 2.04. The van der Waals surface area contributed by atoms with Crippen LogP contribution < -0.4 is 4.74 Å². The minimum absolute atomic E-state index is 0.877. The monoisotopic (exact) mass is 239 g/mol. The van der Waals surface area contributed by atoms with Crippen LogP contribution >= 0.6 is 15.9 Å². The Hall–Kier alpha value is -0.960. The Balaban J connectivity index is 2.80. The van der Waals surface area contributed by atoms with Gasteiger partial charge in [-0.15, -0.1) is 0 Å². The van der Waals surface area contributed by atoms with Gasteiger partial charge in [0.15, 0.2) is 0 Å². The Morgan fingerprint density at radius 1 is 1.38 bits per heavy atom. The number of rotatable bonds is 1. The van der Waals surface area contributed by atoms with Gasteiger partial charge < -0.3 is 9.72 Å². The molecule has 0 atom stereocenters. The van der Waals surface area contributed by atoms with Gasteiger partial charge in [-0.3, -0.25) is 0 Å². The van der Waals surface area contributed by atoms with Crippen LogP contribution in [-0.4, -0.2) is 12.1 Å². The van der Waals surface area contributed by atoms with Gasteiger partial charge in [-0.2, -0.15) is 0 Å². The van der Waals surface area contributed by atoms with Gasteiger partial charge in [-0.25, -0.2) is 0 Å². The number of methoxy groups -OCH3 is 1. The average Bonchev–Trinajstić information content (AvgIpc) is 2.48. The van der Waals surface area contributed by atoms with Crippen molar-refractivity contribution in [1.29, 1.82) is 0 Å². The first-order chi connectivity index (χ1) is 6.22. The number of aromatic amines is 1. The molecule has 2 aromatic rings. The first kappa shape index (κ1) is 8.63. The van der Waals surface area contributed by atoms with Gasteiger partial charge in [0.1, 0.15) is 5.75 Å². The highest BCUT2D eigenvalue weighted by atomic mass is 79.9. The molecular weight excluding hydrogens is 230 g/mol. The fourth-order valence-corrected chi connectivity index (χ4v) is 1.97. The average molecular weight is 240 g/mol. The van der Waals surface area contributed by atoms with E-state index in [9.17, 15) is 0 Å². The number of hydrogen-bond donors (Lipinski definition) is 1. The largest absolute Gasteiger partial charge is 0.497 e. The molecule has 0 spiro atoms. The van der Waals surface area contributed by atoms with Crippen LogP contribution in [0.5, 0.6) is 5.75 Å². The second-order valence-corrected chi connectivity index (χ2v) is 3.86. The smallest absolute Gasteiger partial charge is 0.120 e. The maximum atomic E-state index is 5.18. The van der Waals surface area contributed by atoms with E-state index < -0.39 is 0 Å². The Morgan fingerprint density at radius 2 is 2.15 bits per heavy atom. The summed E-state index contributed by atoms with van der Waals surface area (Å²) < 4.78 is 6.22. The van der Waals surface area contributed by atoms with E-state index in [0.717, 1.165) is 15.7 Å². The number of H-pyrrole nitrogens is 1. The molecule has 0 amide bonds. The summed E-state index contributed by atoms with van der Waals surface area (Å²) in [6.07, 6.45) is 1.99. The molecule has 0 radical (unpaired) electrons. The summed E-state index contributed by atoms with van der Waals surface area (Å²) in [6.45, 7) is 2.07. The van der Waals surface area contributed by atoms with Crippen molar-refractivity contribution in [3.05, 3.63) is 28.4 Å². The van der Waals surface area contributed by atoms with Crippen molar-refractivity contribution in [3.8, 4) is 5.75 Å². The third kappa shape index (κ3) is 1.33. The highest BCUT2D eigenvalue weighted by Gasteiger charge is 2.05. The quantitative estimate of drug-likeness (QED) is 0.813. The maximum Gasteiger partial charge on any atom is 0.120 e. The molecule has 1 aromatic carbocycles. The topological polar surface area (TPSA) is 25.0 Å². The molecule has 13 heavy (non-hydrogen) atoms. The molecule has 0 fully saturated rings. The SMILES string of the molecule is COc1cc(Br)c2[nH]cc(C)c2c1. The van der Waals surface area contributed by atoms with Gasteiger partial charge in [0.05, 0.1) is 12.6 Å². The molecule has 2 nitrogen and oxygen atoms in total. The first-order valence-corrected chi connectivity index (χ1v) is 4.83.